The van der Waals surface area contributed by atoms with Gasteiger partial charge < -0.3 is 20.5 Å². The summed E-state index contributed by atoms with van der Waals surface area (Å²) in [5.41, 5.74) is 8.76. The number of methoxy groups -OCH3 is 1. The van der Waals surface area contributed by atoms with Gasteiger partial charge in [-0.1, -0.05) is 18.2 Å². The highest BCUT2D eigenvalue weighted by Crippen LogP contribution is 2.27. The van der Waals surface area contributed by atoms with Crippen molar-refractivity contribution in [2.24, 2.45) is 17.9 Å². The van der Waals surface area contributed by atoms with Gasteiger partial charge in [0.1, 0.15) is 5.69 Å². The normalized spacial score (nSPS) is 10.8. The molecule has 11 heteroatoms. The van der Waals surface area contributed by atoms with E-state index in [0.29, 0.717) is 28.4 Å². The monoisotopic (exact) mass is 452 g/mol. The van der Waals surface area contributed by atoms with Crippen molar-refractivity contribution in [3.8, 4) is 17.2 Å². The molecule has 0 atom stereocenters. The first-order chi connectivity index (χ1) is 15.8. The standard InChI is InChI=1S/C22H24N6O5/c1-14-20(21(30)28(27(14)2)16-7-5-4-6-8-16)25-19(29)13-33-17-10-9-15(11-18(17)32-3)12-24-26-22(23)31/h4-12H,13H2,1-3H3,(H,25,29)(H3,23,26,31). The second kappa shape index (κ2) is 10.2. The van der Waals surface area contributed by atoms with E-state index in [2.05, 4.69) is 15.8 Å². The van der Waals surface area contributed by atoms with Gasteiger partial charge in [-0.25, -0.2) is 14.9 Å². The number of aromatic nitrogens is 2. The molecule has 0 bridgehead atoms. The number of anilines is 1. The van der Waals surface area contributed by atoms with Crippen LogP contribution in [-0.4, -0.2) is 41.2 Å². The van der Waals surface area contributed by atoms with Gasteiger partial charge in [0.25, 0.3) is 11.5 Å². The lowest BCUT2D eigenvalue weighted by molar-refractivity contribution is -0.118. The van der Waals surface area contributed by atoms with Crippen molar-refractivity contribution >= 4 is 23.8 Å². The van der Waals surface area contributed by atoms with Crippen LogP contribution in [0.3, 0.4) is 0 Å². The maximum Gasteiger partial charge on any atom is 0.332 e. The van der Waals surface area contributed by atoms with Gasteiger partial charge in [-0.2, -0.15) is 5.10 Å². The number of amides is 3. The van der Waals surface area contributed by atoms with Crippen LogP contribution in [0.2, 0.25) is 0 Å². The first kappa shape index (κ1) is 23.1. The molecule has 1 aromatic heterocycles. The Hall–Kier alpha value is -4.54. The number of hydrazone groups is 1. The summed E-state index contributed by atoms with van der Waals surface area (Å²) in [6.45, 7) is 1.40. The Labute approximate surface area is 189 Å². The number of nitrogens with one attached hydrogen (secondary N) is 2. The van der Waals surface area contributed by atoms with Crippen molar-refractivity contribution in [3.63, 3.8) is 0 Å². The van der Waals surface area contributed by atoms with Crippen molar-refractivity contribution in [2.75, 3.05) is 19.0 Å². The number of hydrogen-bond donors (Lipinski definition) is 3. The molecule has 3 rings (SSSR count). The lowest BCUT2D eigenvalue weighted by Crippen LogP contribution is -2.25. The van der Waals surface area contributed by atoms with Gasteiger partial charge in [-0.3, -0.25) is 14.3 Å². The van der Waals surface area contributed by atoms with Gasteiger partial charge in [-0.15, -0.1) is 0 Å². The van der Waals surface area contributed by atoms with Crippen LogP contribution in [0.15, 0.2) is 58.4 Å². The highest BCUT2D eigenvalue weighted by atomic mass is 16.5. The van der Waals surface area contributed by atoms with Gasteiger partial charge in [0.2, 0.25) is 0 Å². The number of primary amides is 1. The third kappa shape index (κ3) is 5.39. The molecule has 4 N–H and O–H groups in total. The van der Waals surface area contributed by atoms with E-state index >= 15 is 0 Å². The molecule has 1 heterocycles. The maximum atomic E-state index is 12.9. The summed E-state index contributed by atoms with van der Waals surface area (Å²) < 4.78 is 14.0. The van der Waals surface area contributed by atoms with Crippen LogP contribution in [-0.2, 0) is 11.8 Å². The fourth-order valence-corrected chi connectivity index (χ4v) is 3.09. The fourth-order valence-electron chi connectivity index (χ4n) is 3.09. The Morgan fingerprint density at radius 2 is 1.88 bits per heavy atom. The van der Waals surface area contributed by atoms with E-state index in [9.17, 15) is 14.4 Å². The van der Waals surface area contributed by atoms with Gasteiger partial charge in [0.05, 0.1) is 24.7 Å². The zero-order chi connectivity index (χ0) is 24.0. The highest BCUT2D eigenvalue weighted by Gasteiger charge is 2.18. The number of benzene rings is 2. The number of ether oxygens (including phenoxy) is 2. The summed E-state index contributed by atoms with van der Waals surface area (Å²) in [6, 6.07) is 13.2. The Morgan fingerprint density at radius 3 is 2.55 bits per heavy atom. The number of urea groups is 1. The molecule has 0 spiro atoms. The summed E-state index contributed by atoms with van der Waals surface area (Å²) >= 11 is 0. The number of nitrogens with two attached hydrogens (primary N) is 1. The van der Waals surface area contributed by atoms with Crippen molar-refractivity contribution in [3.05, 3.63) is 70.1 Å². The molecule has 2 aromatic carbocycles. The van der Waals surface area contributed by atoms with Crippen LogP contribution in [0.1, 0.15) is 11.3 Å². The van der Waals surface area contributed by atoms with Gasteiger partial charge in [0, 0.05) is 7.05 Å². The molecule has 172 valence electrons. The predicted octanol–water partition coefficient (Wildman–Crippen LogP) is 1.51. The number of rotatable bonds is 8. The third-order valence-corrected chi connectivity index (χ3v) is 4.75. The Bertz CT molecular complexity index is 1250. The zero-order valence-electron chi connectivity index (χ0n) is 18.4. The summed E-state index contributed by atoms with van der Waals surface area (Å²) in [7, 11) is 3.19. The molecule has 0 aliphatic carbocycles. The minimum Gasteiger partial charge on any atom is -0.493 e. The highest BCUT2D eigenvalue weighted by molar-refractivity contribution is 5.92. The van der Waals surface area contributed by atoms with Gasteiger partial charge >= 0.3 is 6.03 Å². The largest absolute Gasteiger partial charge is 0.493 e. The summed E-state index contributed by atoms with van der Waals surface area (Å²) in [5, 5.41) is 6.31. The quantitative estimate of drug-likeness (QED) is 0.351. The van der Waals surface area contributed by atoms with E-state index < -0.39 is 11.9 Å². The molecule has 0 unspecified atom stereocenters. The van der Waals surface area contributed by atoms with E-state index in [0.717, 1.165) is 0 Å². The van der Waals surface area contributed by atoms with Crippen LogP contribution in [0.4, 0.5) is 10.5 Å². The summed E-state index contributed by atoms with van der Waals surface area (Å²) in [5.74, 6) is 0.173. The molecule has 0 radical (unpaired) electrons. The third-order valence-electron chi connectivity index (χ3n) is 4.75. The predicted molar refractivity (Wildman–Crippen MR) is 123 cm³/mol. The van der Waals surface area contributed by atoms with Crippen LogP contribution in [0, 0.1) is 6.92 Å². The SMILES string of the molecule is COc1cc(C=NNC(N)=O)ccc1OCC(=O)Nc1c(C)n(C)n(-c2ccccc2)c1=O. The number of para-hydroxylation sites is 1. The van der Waals surface area contributed by atoms with Crippen molar-refractivity contribution < 1.29 is 19.1 Å². The lowest BCUT2D eigenvalue weighted by Gasteiger charge is -2.11. The van der Waals surface area contributed by atoms with Crippen LogP contribution >= 0.6 is 0 Å². The van der Waals surface area contributed by atoms with E-state index in [-0.39, 0.29) is 17.9 Å². The van der Waals surface area contributed by atoms with Crippen molar-refractivity contribution in [2.45, 2.75) is 6.92 Å². The molecule has 11 nitrogen and oxygen atoms in total. The average molecular weight is 452 g/mol. The molecule has 3 aromatic rings. The first-order valence-corrected chi connectivity index (χ1v) is 9.85. The molecule has 0 saturated heterocycles. The van der Waals surface area contributed by atoms with E-state index in [4.69, 9.17) is 15.2 Å². The van der Waals surface area contributed by atoms with E-state index in [1.807, 2.05) is 18.2 Å². The Balaban J connectivity index is 1.71. The van der Waals surface area contributed by atoms with Crippen LogP contribution in [0.25, 0.3) is 5.69 Å². The Morgan fingerprint density at radius 1 is 1.15 bits per heavy atom. The number of hydrogen-bond acceptors (Lipinski definition) is 6. The topological polar surface area (TPSA) is 142 Å². The fraction of sp³-hybridized carbons (Fsp3) is 0.182. The zero-order valence-corrected chi connectivity index (χ0v) is 18.4. The molecular formula is C22H24N6O5. The summed E-state index contributed by atoms with van der Waals surface area (Å²) in [4.78, 5) is 36.1. The van der Waals surface area contributed by atoms with E-state index in [1.165, 1.54) is 18.0 Å². The number of carbonyl (C=O) groups excluding carboxylic acids is 2. The van der Waals surface area contributed by atoms with E-state index in [1.54, 1.807) is 49.0 Å². The minimum atomic E-state index is -0.784. The first-order valence-electron chi connectivity index (χ1n) is 9.85. The lowest BCUT2D eigenvalue weighted by atomic mass is 10.2. The van der Waals surface area contributed by atoms with Crippen LogP contribution in [0.5, 0.6) is 11.5 Å². The maximum absolute atomic E-state index is 12.9. The molecule has 33 heavy (non-hydrogen) atoms. The number of nitrogens with zero attached hydrogens (tertiary/aromatic N) is 3. The second-order valence-electron chi connectivity index (χ2n) is 6.92. The molecule has 3 amide bonds. The van der Waals surface area contributed by atoms with Gasteiger partial charge in [-0.05, 0) is 42.8 Å². The van der Waals surface area contributed by atoms with Gasteiger partial charge in [0.15, 0.2) is 18.1 Å². The number of carbonyl (C=O) groups is 2. The Kier molecular flexibility index (Phi) is 7.13. The molecule has 0 aliphatic rings. The smallest absolute Gasteiger partial charge is 0.332 e. The van der Waals surface area contributed by atoms with Crippen molar-refractivity contribution in [1.29, 1.82) is 0 Å². The molecule has 0 saturated carbocycles. The molecular weight excluding hydrogens is 428 g/mol. The molecule has 0 aliphatic heterocycles. The summed E-state index contributed by atoms with van der Waals surface area (Å²) in [6.07, 6.45) is 1.37. The van der Waals surface area contributed by atoms with Crippen LogP contribution < -0.4 is 31.5 Å². The van der Waals surface area contributed by atoms with Crippen molar-refractivity contribution in [1.82, 2.24) is 14.8 Å². The minimum absolute atomic E-state index is 0.176. The second-order valence-corrected chi connectivity index (χ2v) is 6.92. The average Bonchev–Trinajstić information content (AvgIpc) is 3.01. The molecule has 0 fully saturated rings.